The van der Waals surface area contributed by atoms with Crippen LogP contribution in [-0.2, 0) is 0 Å². The second-order valence-electron chi connectivity index (χ2n) is 6.27. The first-order valence-electron chi connectivity index (χ1n) is 7.60. The van der Waals surface area contributed by atoms with Gasteiger partial charge in [-0.25, -0.2) is 0 Å². The number of anilines is 2. The maximum absolute atomic E-state index is 9.90. The second-order valence-corrected chi connectivity index (χ2v) is 6.27. The predicted octanol–water partition coefficient (Wildman–Crippen LogP) is 1.56. The Bertz CT molecular complexity index is 463. The fourth-order valence-electron chi connectivity index (χ4n) is 2.75. The van der Waals surface area contributed by atoms with Crippen LogP contribution in [0.5, 0.6) is 5.75 Å². The van der Waals surface area contributed by atoms with Crippen molar-refractivity contribution in [1.29, 1.82) is 0 Å². The number of nitrogens with zero attached hydrogens (tertiary/aromatic N) is 2. The Balaban J connectivity index is 1.98. The van der Waals surface area contributed by atoms with E-state index in [1.54, 1.807) is 0 Å². The topological polar surface area (TPSA) is 62.0 Å². The highest BCUT2D eigenvalue weighted by molar-refractivity contribution is 5.60. The number of aliphatic hydroxyl groups is 1. The number of rotatable bonds is 5. The molecule has 2 rings (SSSR count). The first-order valence-corrected chi connectivity index (χ1v) is 7.60. The summed E-state index contributed by atoms with van der Waals surface area (Å²) in [5.41, 5.74) is 7.16. The average Bonchev–Trinajstić information content (AvgIpc) is 2.37. The van der Waals surface area contributed by atoms with E-state index < -0.39 is 5.60 Å². The van der Waals surface area contributed by atoms with E-state index in [0.29, 0.717) is 13.2 Å². The van der Waals surface area contributed by atoms with Crippen LogP contribution in [0.15, 0.2) is 18.2 Å². The van der Waals surface area contributed by atoms with Crippen molar-refractivity contribution in [2.45, 2.75) is 26.4 Å². The lowest BCUT2D eigenvalue weighted by molar-refractivity contribution is 0.0345. The molecule has 5 heteroatoms. The summed E-state index contributed by atoms with van der Waals surface area (Å²) in [7, 11) is 0. The van der Waals surface area contributed by atoms with E-state index in [0.717, 1.165) is 43.3 Å². The zero-order valence-electron chi connectivity index (χ0n) is 13.3. The van der Waals surface area contributed by atoms with Crippen LogP contribution < -0.4 is 15.4 Å². The number of nitrogens with two attached hydrogens (primary N) is 1. The van der Waals surface area contributed by atoms with Crippen molar-refractivity contribution in [3.05, 3.63) is 18.2 Å². The summed E-state index contributed by atoms with van der Waals surface area (Å²) in [5.74, 6) is 0.825. The molecule has 0 amide bonds. The number of benzene rings is 1. The van der Waals surface area contributed by atoms with Gasteiger partial charge in [0.1, 0.15) is 5.75 Å². The number of hydrogen-bond donors (Lipinski definition) is 2. The van der Waals surface area contributed by atoms with Crippen LogP contribution in [0.4, 0.5) is 11.4 Å². The molecule has 21 heavy (non-hydrogen) atoms. The van der Waals surface area contributed by atoms with Gasteiger partial charge in [0.15, 0.2) is 0 Å². The van der Waals surface area contributed by atoms with Crippen molar-refractivity contribution in [2.75, 3.05) is 50.0 Å². The Hall–Kier alpha value is -1.46. The molecular formula is C16H27N3O2. The van der Waals surface area contributed by atoms with Crippen LogP contribution in [0.1, 0.15) is 20.8 Å². The first-order chi connectivity index (χ1) is 9.87. The summed E-state index contributed by atoms with van der Waals surface area (Å²) in [5, 5.41) is 9.90. The predicted molar refractivity (Wildman–Crippen MR) is 87.0 cm³/mol. The van der Waals surface area contributed by atoms with Crippen LogP contribution in [-0.4, -0.2) is 54.9 Å². The Morgan fingerprint density at radius 1 is 1.19 bits per heavy atom. The summed E-state index contributed by atoms with van der Waals surface area (Å²) >= 11 is 0. The molecule has 0 bridgehead atoms. The molecule has 1 aliphatic rings. The molecule has 1 fully saturated rings. The fraction of sp³-hybridized carbons (Fsp3) is 0.625. The Kier molecular flexibility index (Phi) is 4.96. The summed E-state index contributed by atoms with van der Waals surface area (Å²) < 4.78 is 5.56. The molecule has 0 saturated carbocycles. The number of β-amino-alcohol motifs (C(OH)–C–C–N with tert-alkyl or cyclic N) is 1. The Labute approximate surface area is 127 Å². The van der Waals surface area contributed by atoms with Crippen LogP contribution in [0.2, 0.25) is 0 Å². The number of hydrogen-bond acceptors (Lipinski definition) is 5. The van der Waals surface area contributed by atoms with Gasteiger partial charge in [-0.1, -0.05) is 0 Å². The quantitative estimate of drug-likeness (QED) is 0.807. The van der Waals surface area contributed by atoms with Crippen molar-refractivity contribution in [3.63, 3.8) is 0 Å². The molecule has 0 aliphatic carbocycles. The molecule has 0 atom stereocenters. The van der Waals surface area contributed by atoms with Crippen LogP contribution in [0.3, 0.4) is 0 Å². The Morgan fingerprint density at radius 3 is 2.43 bits per heavy atom. The number of nitrogen functional groups attached to an aromatic ring is 1. The highest BCUT2D eigenvalue weighted by Gasteiger charge is 2.23. The van der Waals surface area contributed by atoms with E-state index in [9.17, 15) is 5.11 Å². The molecule has 0 spiro atoms. The van der Waals surface area contributed by atoms with Gasteiger partial charge >= 0.3 is 0 Å². The smallest absolute Gasteiger partial charge is 0.123 e. The molecular weight excluding hydrogens is 266 g/mol. The van der Waals surface area contributed by atoms with Gasteiger partial charge in [0, 0.05) is 56.2 Å². The maximum Gasteiger partial charge on any atom is 0.123 e. The maximum atomic E-state index is 9.90. The number of ether oxygens (including phenoxy) is 1. The largest absolute Gasteiger partial charge is 0.494 e. The van der Waals surface area contributed by atoms with E-state index >= 15 is 0 Å². The molecule has 118 valence electrons. The van der Waals surface area contributed by atoms with Crippen molar-refractivity contribution < 1.29 is 9.84 Å². The molecule has 5 nitrogen and oxygen atoms in total. The fourth-order valence-corrected chi connectivity index (χ4v) is 2.75. The summed E-state index contributed by atoms with van der Waals surface area (Å²) in [6, 6.07) is 5.90. The summed E-state index contributed by atoms with van der Waals surface area (Å²) in [6.45, 7) is 10.8. The highest BCUT2D eigenvalue weighted by Crippen LogP contribution is 2.26. The van der Waals surface area contributed by atoms with Gasteiger partial charge in [0.05, 0.1) is 12.2 Å². The van der Waals surface area contributed by atoms with Gasteiger partial charge in [-0.05, 0) is 26.8 Å². The first kappa shape index (κ1) is 15.9. The second kappa shape index (κ2) is 6.54. The van der Waals surface area contributed by atoms with Crippen molar-refractivity contribution in [1.82, 2.24) is 4.90 Å². The highest BCUT2D eigenvalue weighted by atomic mass is 16.5. The lowest BCUT2D eigenvalue weighted by atomic mass is 10.1. The molecule has 0 unspecified atom stereocenters. The van der Waals surface area contributed by atoms with Crippen LogP contribution in [0, 0.1) is 0 Å². The molecule has 0 radical (unpaired) electrons. The SMILES string of the molecule is CCOc1cc(N)cc(N2CCN(CC(C)(C)O)CC2)c1. The van der Waals surface area contributed by atoms with E-state index in [1.807, 2.05) is 39.0 Å². The van der Waals surface area contributed by atoms with E-state index in [4.69, 9.17) is 10.5 Å². The third kappa shape index (κ3) is 4.79. The van der Waals surface area contributed by atoms with Crippen molar-refractivity contribution in [3.8, 4) is 5.75 Å². The number of piperazine rings is 1. The monoisotopic (exact) mass is 293 g/mol. The van der Waals surface area contributed by atoms with Crippen molar-refractivity contribution >= 4 is 11.4 Å². The Morgan fingerprint density at radius 2 is 1.86 bits per heavy atom. The average molecular weight is 293 g/mol. The minimum atomic E-state index is -0.637. The molecule has 1 saturated heterocycles. The zero-order chi connectivity index (χ0) is 15.5. The van der Waals surface area contributed by atoms with E-state index in [-0.39, 0.29) is 0 Å². The van der Waals surface area contributed by atoms with Crippen LogP contribution in [0.25, 0.3) is 0 Å². The van der Waals surface area contributed by atoms with Gasteiger partial charge in [-0.2, -0.15) is 0 Å². The van der Waals surface area contributed by atoms with E-state index in [1.165, 1.54) is 0 Å². The molecule has 1 heterocycles. The van der Waals surface area contributed by atoms with Gasteiger partial charge in [-0.15, -0.1) is 0 Å². The standard InChI is InChI=1S/C16H27N3O2/c1-4-21-15-10-13(17)9-14(11-15)19-7-5-18(6-8-19)12-16(2,3)20/h9-11,20H,4-8,12,17H2,1-3H3. The van der Waals surface area contributed by atoms with Crippen LogP contribution >= 0.6 is 0 Å². The molecule has 1 aromatic rings. The summed E-state index contributed by atoms with van der Waals surface area (Å²) in [6.07, 6.45) is 0. The molecule has 3 N–H and O–H groups in total. The molecule has 0 aromatic heterocycles. The lowest BCUT2D eigenvalue weighted by Gasteiger charge is -2.38. The lowest BCUT2D eigenvalue weighted by Crippen LogP contribution is -2.50. The van der Waals surface area contributed by atoms with Gasteiger partial charge in [0.2, 0.25) is 0 Å². The third-order valence-electron chi connectivity index (χ3n) is 3.57. The van der Waals surface area contributed by atoms with E-state index in [2.05, 4.69) is 9.80 Å². The zero-order valence-corrected chi connectivity index (χ0v) is 13.3. The molecule has 1 aliphatic heterocycles. The van der Waals surface area contributed by atoms with Gasteiger partial charge < -0.3 is 20.5 Å². The minimum absolute atomic E-state index is 0.637. The van der Waals surface area contributed by atoms with Gasteiger partial charge in [-0.3, -0.25) is 4.90 Å². The summed E-state index contributed by atoms with van der Waals surface area (Å²) in [4.78, 5) is 4.62. The third-order valence-corrected chi connectivity index (χ3v) is 3.57. The van der Waals surface area contributed by atoms with Crippen molar-refractivity contribution in [2.24, 2.45) is 0 Å². The van der Waals surface area contributed by atoms with Gasteiger partial charge in [0.25, 0.3) is 0 Å². The normalized spacial score (nSPS) is 17.0. The minimum Gasteiger partial charge on any atom is -0.494 e. The molecule has 1 aromatic carbocycles.